The Hall–Kier alpha value is -1.14. The average molecular weight is 188 g/mol. The summed E-state index contributed by atoms with van der Waals surface area (Å²) in [6.45, 7) is 1.64. The Labute approximate surface area is 75.4 Å². The molecular weight excluding hydrogens is 176 g/mol. The van der Waals surface area contributed by atoms with Crippen molar-refractivity contribution in [3.8, 4) is 0 Å². The van der Waals surface area contributed by atoms with Gasteiger partial charge in [0, 0.05) is 13.1 Å². The van der Waals surface area contributed by atoms with Crippen molar-refractivity contribution >= 4 is 11.9 Å². The quantitative estimate of drug-likeness (QED) is 0.572. The van der Waals surface area contributed by atoms with Crippen LogP contribution in [0.1, 0.15) is 0 Å². The SMILES string of the molecule is O=C(O)CN1CCN(CC(=O)O)C1. The number of hydrogen-bond donors (Lipinski definition) is 2. The molecule has 0 aromatic rings. The van der Waals surface area contributed by atoms with Gasteiger partial charge in [-0.1, -0.05) is 0 Å². The van der Waals surface area contributed by atoms with Crippen LogP contribution in [0.4, 0.5) is 0 Å². The molecule has 6 heteroatoms. The summed E-state index contributed by atoms with van der Waals surface area (Å²) >= 11 is 0. The third-order valence-electron chi connectivity index (χ3n) is 1.85. The number of carboxylic acids is 2. The first kappa shape index (κ1) is 9.94. The molecule has 2 N–H and O–H groups in total. The number of nitrogens with zero attached hydrogens (tertiary/aromatic N) is 2. The van der Waals surface area contributed by atoms with Crippen LogP contribution < -0.4 is 0 Å². The lowest BCUT2D eigenvalue weighted by Crippen LogP contribution is -2.32. The second-order valence-corrected chi connectivity index (χ2v) is 3.03. The van der Waals surface area contributed by atoms with E-state index in [1.54, 1.807) is 9.80 Å². The number of hydrogen-bond acceptors (Lipinski definition) is 4. The van der Waals surface area contributed by atoms with Gasteiger partial charge < -0.3 is 10.2 Å². The van der Waals surface area contributed by atoms with E-state index >= 15 is 0 Å². The van der Waals surface area contributed by atoms with Gasteiger partial charge >= 0.3 is 11.9 Å². The van der Waals surface area contributed by atoms with Gasteiger partial charge in [-0.25, -0.2) is 0 Å². The Morgan fingerprint density at radius 1 is 1.00 bits per heavy atom. The normalized spacial score (nSPS) is 19.1. The Morgan fingerprint density at radius 3 is 1.69 bits per heavy atom. The van der Waals surface area contributed by atoms with Crippen molar-refractivity contribution in [2.24, 2.45) is 0 Å². The fourth-order valence-corrected chi connectivity index (χ4v) is 1.35. The van der Waals surface area contributed by atoms with Gasteiger partial charge in [-0.2, -0.15) is 0 Å². The molecular formula is C7H12N2O4. The molecule has 1 heterocycles. The monoisotopic (exact) mass is 188 g/mol. The van der Waals surface area contributed by atoms with Gasteiger partial charge in [-0.15, -0.1) is 0 Å². The summed E-state index contributed by atoms with van der Waals surface area (Å²) < 4.78 is 0. The van der Waals surface area contributed by atoms with Gasteiger partial charge in [0.25, 0.3) is 0 Å². The van der Waals surface area contributed by atoms with E-state index in [4.69, 9.17) is 10.2 Å². The van der Waals surface area contributed by atoms with E-state index in [0.29, 0.717) is 19.8 Å². The molecule has 1 fully saturated rings. The molecule has 6 nitrogen and oxygen atoms in total. The first-order valence-corrected chi connectivity index (χ1v) is 3.96. The highest BCUT2D eigenvalue weighted by molar-refractivity contribution is 5.69. The van der Waals surface area contributed by atoms with E-state index in [1.807, 2.05) is 0 Å². The van der Waals surface area contributed by atoms with E-state index in [2.05, 4.69) is 0 Å². The molecule has 1 rings (SSSR count). The first-order valence-electron chi connectivity index (χ1n) is 3.96. The molecule has 0 saturated carbocycles. The zero-order chi connectivity index (χ0) is 9.84. The van der Waals surface area contributed by atoms with Crippen LogP contribution in [0.15, 0.2) is 0 Å². The van der Waals surface area contributed by atoms with Crippen LogP contribution in [0.3, 0.4) is 0 Å². The first-order chi connectivity index (χ1) is 6.08. The van der Waals surface area contributed by atoms with Crippen molar-refractivity contribution in [2.75, 3.05) is 32.8 Å². The molecule has 1 aliphatic heterocycles. The highest BCUT2D eigenvalue weighted by Gasteiger charge is 2.22. The summed E-state index contributed by atoms with van der Waals surface area (Å²) in [5.74, 6) is -1.76. The Balaban J connectivity index is 2.27. The van der Waals surface area contributed by atoms with Crippen LogP contribution in [0.2, 0.25) is 0 Å². The minimum Gasteiger partial charge on any atom is -0.480 e. The van der Waals surface area contributed by atoms with Gasteiger partial charge in [0.05, 0.1) is 19.8 Å². The van der Waals surface area contributed by atoms with Crippen LogP contribution in [0, 0.1) is 0 Å². The van der Waals surface area contributed by atoms with Crippen LogP contribution >= 0.6 is 0 Å². The number of carbonyl (C=O) groups is 2. The average Bonchev–Trinajstić information content (AvgIpc) is 2.33. The smallest absolute Gasteiger partial charge is 0.317 e. The minimum absolute atomic E-state index is 0.0177. The molecule has 0 bridgehead atoms. The lowest BCUT2D eigenvalue weighted by Gasteiger charge is -2.13. The van der Waals surface area contributed by atoms with Crippen molar-refractivity contribution < 1.29 is 19.8 Å². The van der Waals surface area contributed by atoms with Gasteiger partial charge in [0.15, 0.2) is 0 Å². The maximum Gasteiger partial charge on any atom is 0.317 e. The summed E-state index contributed by atoms with van der Waals surface area (Å²) in [5.41, 5.74) is 0. The van der Waals surface area contributed by atoms with Crippen LogP contribution in [0.5, 0.6) is 0 Å². The third kappa shape index (κ3) is 3.39. The highest BCUT2D eigenvalue weighted by atomic mass is 16.4. The summed E-state index contributed by atoms with van der Waals surface area (Å²) in [4.78, 5) is 24.0. The Morgan fingerprint density at radius 2 is 1.38 bits per heavy atom. The maximum atomic E-state index is 10.3. The van der Waals surface area contributed by atoms with Gasteiger partial charge in [0.1, 0.15) is 0 Å². The Kier molecular flexibility index (Phi) is 3.21. The van der Waals surface area contributed by atoms with E-state index in [1.165, 1.54) is 0 Å². The lowest BCUT2D eigenvalue weighted by atomic mass is 10.5. The summed E-state index contributed by atoms with van der Waals surface area (Å²) in [6, 6.07) is 0. The second kappa shape index (κ2) is 4.20. The molecule has 0 unspecified atom stereocenters. The van der Waals surface area contributed by atoms with Crippen molar-refractivity contribution in [3.05, 3.63) is 0 Å². The summed E-state index contributed by atoms with van der Waals surface area (Å²) in [7, 11) is 0. The molecule has 1 aliphatic rings. The summed E-state index contributed by atoms with van der Waals surface area (Å²) in [6.07, 6.45) is 0. The van der Waals surface area contributed by atoms with Gasteiger partial charge in [-0.05, 0) is 0 Å². The van der Waals surface area contributed by atoms with Crippen molar-refractivity contribution in [3.63, 3.8) is 0 Å². The van der Waals surface area contributed by atoms with Crippen molar-refractivity contribution in [1.29, 1.82) is 0 Å². The zero-order valence-electron chi connectivity index (χ0n) is 7.14. The van der Waals surface area contributed by atoms with Gasteiger partial charge in [0.2, 0.25) is 0 Å². The van der Waals surface area contributed by atoms with Crippen LogP contribution in [-0.4, -0.2) is 64.8 Å². The van der Waals surface area contributed by atoms with Crippen molar-refractivity contribution in [2.45, 2.75) is 0 Å². The van der Waals surface area contributed by atoms with E-state index in [9.17, 15) is 9.59 Å². The van der Waals surface area contributed by atoms with Gasteiger partial charge in [-0.3, -0.25) is 19.4 Å². The molecule has 0 aliphatic carbocycles. The highest BCUT2D eigenvalue weighted by Crippen LogP contribution is 2.03. The predicted octanol–water partition coefficient (Wildman–Crippen LogP) is -1.27. The van der Waals surface area contributed by atoms with E-state index in [0.717, 1.165) is 0 Å². The minimum atomic E-state index is -0.878. The number of rotatable bonds is 4. The largest absolute Gasteiger partial charge is 0.480 e. The predicted molar refractivity (Wildman–Crippen MR) is 43.3 cm³/mol. The van der Waals surface area contributed by atoms with E-state index < -0.39 is 11.9 Å². The third-order valence-corrected chi connectivity index (χ3v) is 1.85. The fraction of sp³-hybridized carbons (Fsp3) is 0.714. The molecule has 0 spiro atoms. The molecule has 1 saturated heterocycles. The number of aliphatic carboxylic acids is 2. The maximum absolute atomic E-state index is 10.3. The molecule has 74 valence electrons. The molecule has 0 atom stereocenters. The molecule has 0 aromatic heterocycles. The molecule has 13 heavy (non-hydrogen) atoms. The molecule has 0 aromatic carbocycles. The summed E-state index contributed by atoms with van der Waals surface area (Å²) in [5, 5.41) is 16.9. The Bertz CT molecular complexity index is 197. The zero-order valence-corrected chi connectivity index (χ0v) is 7.14. The lowest BCUT2D eigenvalue weighted by molar-refractivity contribution is -0.138. The molecule has 0 radical (unpaired) electrons. The van der Waals surface area contributed by atoms with Crippen molar-refractivity contribution in [1.82, 2.24) is 9.80 Å². The molecule has 0 amide bonds. The van der Waals surface area contributed by atoms with Crippen LogP contribution in [-0.2, 0) is 9.59 Å². The second-order valence-electron chi connectivity index (χ2n) is 3.03. The standard InChI is InChI=1S/C7H12N2O4/c10-6(11)3-8-1-2-9(5-8)4-7(12)13/h1-5H2,(H,10,11)(H,12,13). The number of carboxylic acid groups (broad SMARTS) is 2. The fourth-order valence-electron chi connectivity index (χ4n) is 1.35. The topological polar surface area (TPSA) is 81.1 Å². The van der Waals surface area contributed by atoms with E-state index in [-0.39, 0.29) is 13.1 Å². The van der Waals surface area contributed by atoms with Crippen LogP contribution in [0.25, 0.3) is 0 Å².